The van der Waals surface area contributed by atoms with Crippen LogP contribution in [0.4, 0.5) is 16.2 Å². The molecule has 1 fully saturated rings. The Balaban J connectivity index is 1.31. The number of fused-ring (bicyclic) bond motifs is 2. The molecule has 5 rings (SSSR count). The van der Waals surface area contributed by atoms with Crippen molar-refractivity contribution in [2.75, 3.05) is 30.5 Å². The molecule has 33 heavy (non-hydrogen) atoms. The normalized spacial score (nSPS) is 21.7. The first-order chi connectivity index (χ1) is 16.0. The molecule has 0 aromatic heterocycles. The Labute approximate surface area is 190 Å². The average molecular weight is 448 g/mol. The van der Waals surface area contributed by atoms with Crippen molar-refractivity contribution >= 4 is 35.1 Å². The summed E-state index contributed by atoms with van der Waals surface area (Å²) in [6, 6.07) is 12.0. The number of urea groups is 1. The number of methoxy groups -OCH3 is 1. The maximum Gasteiger partial charge on any atom is 0.326 e. The van der Waals surface area contributed by atoms with Crippen molar-refractivity contribution < 1.29 is 23.9 Å². The number of nitrogens with one attached hydrogen (secondary N) is 2. The van der Waals surface area contributed by atoms with Gasteiger partial charge >= 0.3 is 6.03 Å². The Hall–Kier alpha value is -3.72. The van der Waals surface area contributed by atoms with E-state index in [9.17, 15) is 19.2 Å². The lowest BCUT2D eigenvalue weighted by Gasteiger charge is -2.29. The molecule has 0 spiro atoms. The molecule has 3 aliphatic rings. The van der Waals surface area contributed by atoms with Gasteiger partial charge in [0.25, 0.3) is 5.91 Å². The number of nitrogens with zero attached hydrogens (tertiary/aromatic N) is 2. The number of hydrogen-bond acceptors (Lipinski definition) is 5. The molecule has 2 aromatic rings. The molecule has 170 valence electrons. The average Bonchev–Trinajstić information content (AvgIpc) is 3.32. The summed E-state index contributed by atoms with van der Waals surface area (Å²) >= 11 is 0. The maximum atomic E-state index is 13.1. The zero-order valence-corrected chi connectivity index (χ0v) is 18.2. The zero-order valence-electron chi connectivity index (χ0n) is 18.2. The minimum absolute atomic E-state index is 0.108. The molecule has 2 N–H and O–H groups in total. The SMILES string of the molecule is COC[C@H]1CN(C(=O)Nc2ccc3c(c2)CN(C2CCC(=O)NC2=O)C3=O)c2ccccc21. The van der Waals surface area contributed by atoms with E-state index in [1.54, 1.807) is 30.2 Å². The topological polar surface area (TPSA) is 108 Å². The van der Waals surface area contributed by atoms with Crippen molar-refractivity contribution in [3.63, 3.8) is 0 Å². The fourth-order valence-corrected chi connectivity index (χ4v) is 4.87. The van der Waals surface area contributed by atoms with E-state index in [1.807, 2.05) is 24.3 Å². The van der Waals surface area contributed by atoms with Gasteiger partial charge in [-0.2, -0.15) is 0 Å². The number of benzene rings is 2. The number of rotatable bonds is 4. The van der Waals surface area contributed by atoms with Crippen molar-refractivity contribution in [2.45, 2.75) is 31.3 Å². The van der Waals surface area contributed by atoms with Gasteiger partial charge in [0.2, 0.25) is 11.8 Å². The molecule has 1 saturated heterocycles. The highest BCUT2D eigenvalue weighted by Gasteiger charge is 2.39. The van der Waals surface area contributed by atoms with Crippen LogP contribution >= 0.6 is 0 Å². The number of piperidine rings is 1. The van der Waals surface area contributed by atoms with Gasteiger partial charge in [-0.05, 0) is 41.8 Å². The van der Waals surface area contributed by atoms with Gasteiger partial charge in [-0.15, -0.1) is 0 Å². The number of hydrogen-bond donors (Lipinski definition) is 2. The summed E-state index contributed by atoms with van der Waals surface area (Å²) in [5.41, 5.74) is 3.75. The summed E-state index contributed by atoms with van der Waals surface area (Å²) in [7, 11) is 1.65. The molecular weight excluding hydrogens is 424 g/mol. The van der Waals surface area contributed by atoms with Crippen LogP contribution in [0, 0.1) is 0 Å². The third-order valence-corrected chi connectivity index (χ3v) is 6.46. The fourth-order valence-electron chi connectivity index (χ4n) is 4.87. The van der Waals surface area contributed by atoms with Crippen LogP contribution in [0.1, 0.15) is 40.2 Å². The zero-order chi connectivity index (χ0) is 23.1. The van der Waals surface area contributed by atoms with E-state index in [-0.39, 0.29) is 36.7 Å². The molecule has 3 aliphatic heterocycles. The maximum absolute atomic E-state index is 13.1. The first-order valence-electron chi connectivity index (χ1n) is 10.9. The molecule has 2 atom stereocenters. The lowest BCUT2D eigenvalue weighted by atomic mass is 10.0. The summed E-state index contributed by atoms with van der Waals surface area (Å²) < 4.78 is 5.32. The standard InChI is InChI=1S/C24H24N4O5/c1-33-13-15-12-28(19-5-3-2-4-17(15)19)24(32)25-16-6-7-18-14(10-16)11-27(23(18)31)20-8-9-21(29)26-22(20)30/h2-7,10,15,20H,8-9,11-13H2,1H3,(H,25,32)(H,26,29,30)/t15-,20?/m1/s1. The van der Waals surface area contributed by atoms with Gasteiger partial charge in [0.05, 0.1) is 6.61 Å². The van der Waals surface area contributed by atoms with Gasteiger partial charge in [-0.1, -0.05) is 18.2 Å². The smallest absolute Gasteiger partial charge is 0.326 e. The fraction of sp³-hybridized carbons (Fsp3) is 0.333. The molecule has 0 saturated carbocycles. The molecule has 1 unspecified atom stereocenters. The van der Waals surface area contributed by atoms with Gasteiger partial charge in [0.15, 0.2) is 0 Å². The molecule has 9 nitrogen and oxygen atoms in total. The van der Waals surface area contributed by atoms with Crippen molar-refractivity contribution in [1.29, 1.82) is 0 Å². The minimum Gasteiger partial charge on any atom is -0.384 e. The predicted molar refractivity (Wildman–Crippen MR) is 120 cm³/mol. The van der Waals surface area contributed by atoms with Crippen molar-refractivity contribution in [1.82, 2.24) is 10.2 Å². The Morgan fingerprint density at radius 1 is 1.18 bits per heavy atom. The number of ether oxygens (including phenoxy) is 1. The molecule has 3 heterocycles. The summed E-state index contributed by atoms with van der Waals surface area (Å²) in [5, 5.41) is 5.23. The Morgan fingerprint density at radius 2 is 2.00 bits per heavy atom. The Kier molecular flexibility index (Phi) is 5.33. The van der Waals surface area contributed by atoms with Crippen molar-refractivity contribution in [3.8, 4) is 0 Å². The largest absolute Gasteiger partial charge is 0.384 e. The highest BCUT2D eigenvalue weighted by Crippen LogP contribution is 2.37. The summed E-state index contributed by atoms with van der Waals surface area (Å²) in [6.45, 7) is 1.30. The van der Waals surface area contributed by atoms with Crippen molar-refractivity contribution in [2.24, 2.45) is 0 Å². The van der Waals surface area contributed by atoms with Crippen LogP contribution in [0.5, 0.6) is 0 Å². The van der Waals surface area contributed by atoms with E-state index >= 15 is 0 Å². The van der Waals surface area contributed by atoms with Gasteiger partial charge in [0, 0.05) is 49.5 Å². The second kappa shape index (κ2) is 8.32. The van der Waals surface area contributed by atoms with E-state index in [0.717, 1.165) is 16.8 Å². The van der Waals surface area contributed by atoms with E-state index in [1.165, 1.54) is 4.90 Å². The lowest BCUT2D eigenvalue weighted by molar-refractivity contribution is -0.136. The van der Waals surface area contributed by atoms with Gasteiger partial charge in [0.1, 0.15) is 6.04 Å². The van der Waals surface area contributed by atoms with E-state index in [2.05, 4.69) is 10.6 Å². The monoisotopic (exact) mass is 448 g/mol. The van der Waals surface area contributed by atoms with E-state index in [0.29, 0.717) is 30.8 Å². The number of carbonyl (C=O) groups is 4. The van der Waals surface area contributed by atoms with Crippen LogP contribution in [-0.4, -0.2) is 55.0 Å². The predicted octanol–water partition coefficient (Wildman–Crippen LogP) is 2.23. The summed E-state index contributed by atoms with van der Waals surface area (Å²) in [4.78, 5) is 52.8. The molecule has 2 aromatic carbocycles. The number of amides is 5. The quantitative estimate of drug-likeness (QED) is 0.698. The lowest BCUT2D eigenvalue weighted by Crippen LogP contribution is -2.52. The first kappa shape index (κ1) is 21.1. The van der Waals surface area contributed by atoms with E-state index < -0.39 is 11.9 Å². The second-order valence-corrected chi connectivity index (χ2v) is 8.52. The number of para-hydroxylation sites is 1. The number of anilines is 2. The summed E-state index contributed by atoms with van der Waals surface area (Å²) in [5.74, 6) is -0.897. The minimum atomic E-state index is -0.667. The van der Waals surface area contributed by atoms with Gasteiger partial charge in [-0.3, -0.25) is 24.6 Å². The summed E-state index contributed by atoms with van der Waals surface area (Å²) in [6.07, 6.45) is 0.518. The third kappa shape index (κ3) is 3.74. The third-order valence-electron chi connectivity index (χ3n) is 6.46. The molecule has 5 amide bonds. The first-order valence-corrected chi connectivity index (χ1v) is 10.9. The van der Waals surface area contributed by atoms with Crippen LogP contribution < -0.4 is 15.5 Å². The van der Waals surface area contributed by atoms with Gasteiger partial charge in [-0.25, -0.2) is 4.79 Å². The van der Waals surface area contributed by atoms with E-state index in [4.69, 9.17) is 4.74 Å². The highest BCUT2D eigenvalue weighted by molar-refractivity contribution is 6.06. The molecular formula is C24H24N4O5. The molecule has 0 radical (unpaired) electrons. The second-order valence-electron chi connectivity index (χ2n) is 8.52. The number of carbonyl (C=O) groups excluding carboxylic acids is 4. The molecule has 0 bridgehead atoms. The van der Waals surface area contributed by atoms with Crippen molar-refractivity contribution in [3.05, 3.63) is 59.2 Å². The van der Waals surface area contributed by atoms with Crippen LogP contribution in [0.3, 0.4) is 0 Å². The number of imide groups is 1. The molecule has 0 aliphatic carbocycles. The van der Waals surface area contributed by atoms with Crippen LogP contribution in [0.15, 0.2) is 42.5 Å². The van der Waals surface area contributed by atoms with Gasteiger partial charge < -0.3 is 15.0 Å². The molecule has 9 heteroatoms. The Morgan fingerprint density at radius 3 is 2.79 bits per heavy atom. The van der Waals surface area contributed by atoms with Crippen LogP contribution in [0.2, 0.25) is 0 Å². The van der Waals surface area contributed by atoms with Crippen LogP contribution in [0.25, 0.3) is 0 Å². The highest BCUT2D eigenvalue weighted by atomic mass is 16.5. The van der Waals surface area contributed by atoms with Crippen LogP contribution in [-0.2, 0) is 20.9 Å². The Bertz CT molecular complexity index is 1160.